The monoisotopic (exact) mass is 309 g/mol. The van der Waals surface area contributed by atoms with Crippen molar-refractivity contribution < 1.29 is 13.9 Å². The summed E-state index contributed by atoms with van der Waals surface area (Å²) in [5.41, 5.74) is 6.19. The number of rotatable bonds is 5. The molecule has 1 aromatic rings. The number of ether oxygens (including phenoxy) is 2. The predicted octanol–water partition coefficient (Wildman–Crippen LogP) is 4.07. The number of alkyl halides is 1. The van der Waals surface area contributed by atoms with E-state index in [1.165, 1.54) is 6.42 Å². The van der Waals surface area contributed by atoms with E-state index in [0.29, 0.717) is 23.6 Å². The molecule has 0 aromatic heterocycles. The highest BCUT2D eigenvalue weighted by Gasteiger charge is 2.37. The van der Waals surface area contributed by atoms with E-state index >= 15 is 0 Å². The van der Waals surface area contributed by atoms with E-state index in [0.717, 1.165) is 31.2 Å². The molecule has 0 atom stereocenters. The lowest BCUT2D eigenvalue weighted by molar-refractivity contribution is 0.218. The van der Waals surface area contributed by atoms with Gasteiger partial charge in [-0.2, -0.15) is 0 Å². The number of nitrogens with two attached hydrogens (primary N) is 1. The van der Waals surface area contributed by atoms with Gasteiger partial charge in [0.2, 0.25) is 0 Å². The quantitative estimate of drug-likeness (QED) is 0.891. The average Bonchev–Trinajstić information content (AvgIpc) is 2.53. The third-order valence-corrected chi connectivity index (χ3v) is 4.94. The van der Waals surface area contributed by atoms with E-state index in [4.69, 9.17) is 15.2 Å². The van der Waals surface area contributed by atoms with Gasteiger partial charge in [-0.15, -0.1) is 0 Å². The average molecular weight is 309 g/mol. The van der Waals surface area contributed by atoms with Crippen LogP contribution in [0.1, 0.15) is 57.1 Å². The van der Waals surface area contributed by atoms with Crippen molar-refractivity contribution in [1.82, 2.24) is 0 Å². The fourth-order valence-electron chi connectivity index (χ4n) is 3.51. The van der Waals surface area contributed by atoms with E-state index in [9.17, 15) is 4.39 Å². The van der Waals surface area contributed by atoms with Gasteiger partial charge in [-0.1, -0.05) is 19.3 Å². The fraction of sp³-hybridized carbons (Fsp3) is 0.667. The molecule has 1 fully saturated rings. The van der Waals surface area contributed by atoms with Crippen molar-refractivity contribution in [2.75, 3.05) is 20.8 Å². The topological polar surface area (TPSA) is 44.5 Å². The smallest absolute Gasteiger partial charge is 0.164 e. The van der Waals surface area contributed by atoms with Crippen LogP contribution in [0.5, 0.6) is 11.5 Å². The molecule has 3 nitrogen and oxygen atoms in total. The second-order valence-corrected chi connectivity index (χ2v) is 6.78. The lowest BCUT2D eigenvalue weighted by atomic mass is 9.68. The minimum atomic E-state index is -1.43. The summed E-state index contributed by atoms with van der Waals surface area (Å²) < 4.78 is 25.6. The standard InChI is InChI=1S/C18H28FNO2/c1-17(2,19)13-10-14(16(22-4)15(11-13)21-3)18(12-20)8-6-5-7-9-18/h10-11H,5-9,12,20H2,1-4H3. The van der Waals surface area contributed by atoms with Gasteiger partial charge in [0.1, 0.15) is 5.67 Å². The Morgan fingerprint density at radius 2 is 1.77 bits per heavy atom. The second kappa shape index (κ2) is 6.45. The zero-order valence-electron chi connectivity index (χ0n) is 14.2. The molecule has 2 N–H and O–H groups in total. The Bertz CT molecular complexity index is 517. The third kappa shape index (κ3) is 3.07. The number of methoxy groups -OCH3 is 2. The second-order valence-electron chi connectivity index (χ2n) is 6.78. The van der Waals surface area contributed by atoms with Crippen molar-refractivity contribution in [1.29, 1.82) is 0 Å². The largest absolute Gasteiger partial charge is 0.493 e. The first-order valence-electron chi connectivity index (χ1n) is 8.04. The molecule has 1 saturated carbocycles. The van der Waals surface area contributed by atoms with Crippen LogP contribution in [-0.4, -0.2) is 20.8 Å². The summed E-state index contributed by atoms with van der Waals surface area (Å²) in [6.45, 7) is 3.67. The van der Waals surface area contributed by atoms with Gasteiger partial charge in [-0.3, -0.25) is 0 Å². The maximum atomic E-state index is 14.5. The predicted molar refractivity (Wildman–Crippen MR) is 87.5 cm³/mol. The summed E-state index contributed by atoms with van der Waals surface area (Å²) in [7, 11) is 3.22. The maximum absolute atomic E-state index is 14.5. The molecule has 1 aliphatic carbocycles. The molecule has 0 unspecified atom stereocenters. The summed E-state index contributed by atoms with van der Waals surface area (Å²) >= 11 is 0. The van der Waals surface area contributed by atoms with Crippen molar-refractivity contribution in [3.05, 3.63) is 23.3 Å². The molecule has 22 heavy (non-hydrogen) atoms. The zero-order chi connectivity index (χ0) is 16.4. The first-order chi connectivity index (χ1) is 10.4. The lowest BCUT2D eigenvalue weighted by Crippen LogP contribution is -2.37. The van der Waals surface area contributed by atoms with Crippen LogP contribution in [0.25, 0.3) is 0 Å². The normalized spacial score (nSPS) is 18.1. The third-order valence-electron chi connectivity index (χ3n) is 4.94. The molecule has 0 saturated heterocycles. The Labute approximate surface area is 133 Å². The van der Waals surface area contributed by atoms with E-state index in [1.54, 1.807) is 34.1 Å². The van der Waals surface area contributed by atoms with Gasteiger partial charge in [0.15, 0.2) is 11.5 Å². The highest BCUT2D eigenvalue weighted by atomic mass is 19.1. The Hall–Kier alpha value is -1.29. The van der Waals surface area contributed by atoms with Gasteiger partial charge in [0, 0.05) is 17.5 Å². The van der Waals surface area contributed by atoms with Crippen LogP contribution in [0, 0.1) is 0 Å². The minimum absolute atomic E-state index is 0.141. The van der Waals surface area contributed by atoms with E-state index in [-0.39, 0.29) is 5.41 Å². The van der Waals surface area contributed by atoms with Crippen LogP contribution in [0.4, 0.5) is 4.39 Å². The number of benzene rings is 1. The Balaban J connectivity index is 2.65. The molecule has 1 aliphatic rings. The zero-order valence-corrected chi connectivity index (χ0v) is 14.2. The van der Waals surface area contributed by atoms with Crippen molar-refractivity contribution in [2.24, 2.45) is 5.73 Å². The van der Waals surface area contributed by atoms with Crippen molar-refractivity contribution in [3.63, 3.8) is 0 Å². The van der Waals surface area contributed by atoms with Crippen LogP contribution in [0.2, 0.25) is 0 Å². The van der Waals surface area contributed by atoms with Gasteiger partial charge in [0.05, 0.1) is 14.2 Å². The SMILES string of the molecule is COc1cc(C(C)(C)F)cc(C2(CN)CCCCC2)c1OC. The molecule has 0 amide bonds. The van der Waals surface area contributed by atoms with Crippen LogP contribution in [0.3, 0.4) is 0 Å². The Morgan fingerprint density at radius 1 is 1.14 bits per heavy atom. The Morgan fingerprint density at radius 3 is 2.23 bits per heavy atom. The molecular weight excluding hydrogens is 281 g/mol. The lowest BCUT2D eigenvalue weighted by Gasteiger charge is -2.38. The molecule has 4 heteroatoms. The van der Waals surface area contributed by atoms with Gasteiger partial charge < -0.3 is 15.2 Å². The first kappa shape index (κ1) is 17.1. The van der Waals surface area contributed by atoms with Crippen molar-refractivity contribution >= 4 is 0 Å². The van der Waals surface area contributed by atoms with Crippen molar-refractivity contribution in [3.8, 4) is 11.5 Å². The first-order valence-corrected chi connectivity index (χ1v) is 8.04. The molecule has 0 bridgehead atoms. The van der Waals surface area contributed by atoms with Crippen molar-refractivity contribution in [2.45, 2.75) is 57.0 Å². The summed E-state index contributed by atoms with van der Waals surface area (Å²) in [6.07, 6.45) is 5.55. The number of hydrogen-bond donors (Lipinski definition) is 1. The van der Waals surface area contributed by atoms with E-state index < -0.39 is 5.67 Å². The number of halogens is 1. The molecule has 0 spiro atoms. The van der Waals surface area contributed by atoms with Gasteiger partial charge in [0.25, 0.3) is 0 Å². The summed E-state index contributed by atoms with van der Waals surface area (Å²) in [6, 6.07) is 3.66. The highest BCUT2D eigenvalue weighted by Crippen LogP contribution is 2.47. The molecule has 0 radical (unpaired) electrons. The molecule has 124 valence electrons. The summed E-state index contributed by atoms with van der Waals surface area (Å²) in [5, 5.41) is 0. The fourth-order valence-corrected chi connectivity index (χ4v) is 3.51. The number of hydrogen-bond acceptors (Lipinski definition) is 3. The molecule has 1 aromatic carbocycles. The minimum Gasteiger partial charge on any atom is -0.493 e. The van der Waals surface area contributed by atoms with Gasteiger partial charge >= 0.3 is 0 Å². The van der Waals surface area contributed by atoms with Crippen LogP contribution >= 0.6 is 0 Å². The molecular formula is C18H28FNO2. The Kier molecular flexibility index (Phi) is 5.00. The van der Waals surface area contributed by atoms with Gasteiger partial charge in [-0.25, -0.2) is 4.39 Å². The highest BCUT2D eigenvalue weighted by molar-refractivity contribution is 5.54. The summed E-state index contributed by atoms with van der Waals surface area (Å²) in [5.74, 6) is 1.28. The van der Waals surface area contributed by atoms with E-state index in [2.05, 4.69) is 0 Å². The van der Waals surface area contributed by atoms with Crippen LogP contribution in [-0.2, 0) is 11.1 Å². The van der Waals surface area contributed by atoms with Crippen LogP contribution < -0.4 is 15.2 Å². The molecule has 0 heterocycles. The summed E-state index contributed by atoms with van der Waals surface area (Å²) in [4.78, 5) is 0. The van der Waals surface area contributed by atoms with Gasteiger partial charge in [-0.05, 0) is 44.4 Å². The molecule has 2 rings (SSSR count). The maximum Gasteiger partial charge on any atom is 0.164 e. The van der Waals surface area contributed by atoms with E-state index in [1.807, 2.05) is 6.07 Å². The van der Waals surface area contributed by atoms with Crippen LogP contribution in [0.15, 0.2) is 12.1 Å². The molecule has 0 aliphatic heterocycles.